The lowest BCUT2D eigenvalue weighted by Gasteiger charge is -2.08. The molecule has 2 aromatic rings. The molecule has 1 amide bonds. The van der Waals surface area contributed by atoms with Crippen molar-refractivity contribution in [3.63, 3.8) is 0 Å². The number of benzene rings is 2. The van der Waals surface area contributed by atoms with Crippen LogP contribution in [0.15, 0.2) is 42.5 Å². The zero-order valence-corrected chi connectivity index (χ0v) is 11.5. The van der Waals surface area contributed by atoms with Gasteiger partial charge in [-0.3, -0.25) is 4.79 Å². The first-order valence-corrected chi connectivity index (χ1v) is 6.56. The van der Waals surface area contributed by atoms with Crippen LogP contribution in [-0.2, 0) is 4.79 Å². The van der Waals surface area contributed by atoms with Crippen molar-refractivity contribution >= 4 is 22.9 Å². The van der Waals surface area contributed by atoms with E-state index in [9.17, 15) is 4.79 Å². The van der Waals surface area contributed by atoms with Gasteiger partial charge in [0.25, 0.3) is 5.91 Å². The Kier molecular flexibility index (Phi) is 2.83. The fourth-order valence-electron chi connectivity index (χ4n) is 2.54. The maximum Gasteiger partial charge on any atom is 0.258 e. The summed E-state index contributed by atoms with van der Waals surface area (Å²) in [5, 5.41) is 2.87. The monoisotopic (exact) mass is 264 g/mol. The predicted molar refractivity (Wildman–Crippen MR) is 82.0 cm³/mol. The number of hydrogen-bond acceptors (Lipinski definition) is 2. The molecule has 0 aliphatic carbocycles. The number of fused-ring (bicyclic) bond motifs is 1. The van der Waals surface area contributed by atoms with E-state index < -0.39 is 0 Å². The summed E-state index contributed by atoms with van der Waals surface area (Å²) in [4.78, 5) is 12.2. The zero-order chi connectivity index (χ0) is 14.3. The van der Waals surface area contributed by atoms with Gasteiger partial charge in [0.1, 0.15) is 0 Å². The van der Waals surface area contributed by atoms with Gasteiger partial charge in [-0.25, -0.2) is 0 Å². The summed E-state index contributed by atoms with van der Waals surface area (Å²) in [7, 11) is 0. The molecule has 100 valence electrons. The van der Waals surface area contributed by atoms with E-state index >= 15 is 0 Å². The third-order valence-electron chi connectivity index (χ3n) is 3.63. The first-order valence-electron chi connectivity index (χ1n) is 6.56. The predicted octanol–water partition coefficient (Wildman–Crippen LogP) is 3.08. The molecule has 3 N–H and O–H groups in total. The Morgan fingerprint density at radius 3 is 2.45 bits per heavy atom. The Labute approximate surface area is 118 Å². The van der Waals surface area contributed by atoms with Gasteiger partial charge in [-0.2, -0.15) is 0 Å². The van der Waals surface area contributed by atoms with Gasteiger partial charge in [0, 0.05) is 11.3 Å². The lowest BCUT2D eigenvalue weighted by molar-refractivity contribution is -0.110. The summed E-state index contributed by atoms with van der Waals surface area (Å²) in [5.74, 6) is -0.132. The van der Waals surface area contributed by atoms with Crippen LogP contribution in [0.5, 0.6) is 0 Å². The number of amides is 1. The van der Waals surface area contributed by atoms with Gasteiger partial charge in [0.05, 0.1) is 11.3 Å². The Hall–Kier alpha value is -2.55. The first kappa shape index (κ1) is 12.5. The zero-order valence-electron chi connectivity index (χ0n) is 11.5. The quantitative estimate of drug-likeness (QED) is 0.778. The van der Waals surface area contributed by atoms with Crippen molar-refractivity contribution in [2.75, 3.05) is 5.32 Å². The van der Waals surface area contributed by atoms with Crippen molar-refractivity contribution in [2.24, 2.45) is 5.73 Å². The van der Waals surface area contributed by atoms with Gasteiger partial charge in [-0.1, -0.05) is 42.0 Å². The van der Waals surface area contributed by atoms with Gasteiger partial charge in [-0.05, 0) is 31.0 Å². The van der Waals surface area contributed by atoms with Crippen molar-refractivity contribution < 1.29 is 4.79 Å². The molecule has 0 aromatic heterocycles. The van der Waals surface area contributed by atoms with E-state index in [1.807, 2.05) is 56.3 Å². The number of nitrogens with two attached hydrogens (primary N) is 1. The molecule has 0 saturated carbocycles. The van der Waals surface area contributed by atoms with E-state index in [1.54, 1.807) is 0 Å². The third-order valence-corrected chi connectivity index (χ3v) is 3.63. The van der Waals surface area contributed by atoms with E-state index in [4.69, 9.17) is 5.73 Å². The Balaban J connectivity index is 2.21. The van der Waals surface area contributed by atoms with Crippen LogP contribution in [0.1, 0.15) is 22.3 Å². The molecule has 2 aromatic carbocycles. The molecule has 0 saturated heterocycles. The van der Waals surface area contributed by atoms with Crippen LogP contribution in [0.3, 0.4) is 0 Å². The smallest absolute Gasteiger partial charge is 0.258 e. The molecule has 0 spiro atoms. The number of carbonyl (C=O) groups excluding carboxylic acids is 1. The fourth-order valence-corrected chi connectivity index (χ4v) is 2.54. The maximum atomic E-state index is 12.2. The largest absolute Gasteiger partial charge is 0.398 e. The van der Waals surface area contributed by atoms with Crippen molar-refractivity contribution in [1.82, 2.24) is 0 Å². The second-order valence-electron chi connectivity index (χ2n) is 5.11. The Morgan fingerprint density at radius 2 is 1.75 bits per heavy atom. The standard InChI is InChI=1S/C17H16N2O/c1-10-6-8-12(9-7-10)16(18)15-14-11(2)4-3-5-13(14)19-17(15)20/h3-9H,18H2,1-2H3,(H,19,20)/b16-15-. The number of hydrogen-bond donors (Lipinski definition) is 2. The van der Waals surface area contributed by atoms with Crippen LogP contribution in [0, 0.1) is 13.8 Å². The lowest BCUT2D eigenvalue weighted by atomic mass is 9.97. The van der Waals surface area contributed by atoms with Crippen molar-refractivity contribution in [2.45, 2.75) is 13.8 Å². The van der Waals surface area contributed by atoms with Crippen molar-refractivity contribution in [1.29, 1.82) is 0 Å². The number of nitrogens with one attached hydrogen (secondary N) is 1. The van der Waals surface area contributed by atoms with Crippen LogP contribution < -0.4 is 11.1 Å². The van der Waals surface area contributed by atoms with Crippen molar-refractivity contribution in [3.8, 4) is 0 Å². The molecule has 3 rings (SSSR count). The summed E-state index contributed by atoms with van der Waals surface area (Å²) in [6.07, 6.45) is 0. The van der Waals surface area contributed by atoms with Crippen LogP contribution in [0.4, 0.5) is 5.69 Å². The molecule has 0 unspecified atom stereocenters. The minimum absolute atomic E-state index is 0.132. The molecule has 0 bridgehead atoms. The van der Waals surface area contributed by atoms with Gasteiger partial charge >= 0.3 is 0 Å². The average molecular weight is 264 g/mol. The molecule has 1 aliphatic rings. The normalized spacial score (nSPS) is 15.8. The molecule has 3 nitrogen and oxygen atoms in total. The SMILES string of the molecule is Cc1ccc(/C(N)=C2/C(=O)Nc3cccc(C)c32)cc1. The van der Waals surface area contributed by atoms with Crippen molar-refractivity contribution in [3.05, 3.63) is 64.7 Å². The van der Waals surface area contributed by atoms with E-state index in [0.29, 0.717) is 11.3 Å². The highest BCUT2D eigenvalue weighted by atomic mass is 16.2. The molecular formula is C17H16N2O. The van der Waals surface area contributed by atoms with Gasteiger partial charge in [0.15, 0.2) is 0 Å². The average Bonchev–Trinajstić information content (AvgIpc) is 2.76. The number of anilines is 1. The molecular weight excluding hydrogens is 248 g/mol. The summed E-state index contributed by atoms with van der Waals surface area (Å²) in [5.41, 5.74) is 12.2. The summed E-state index contributed by atoms with van der Waals surface area (Å²) in [6.45, 7) is 4.01. The fraction of sp³-hybridized carbons (Fsp3) is 0.118. The Bertz CT molecular complexity index is 727. The van der Waals surface area contributed by atoms with E-state index in [0.717, 1.165) is 22.4 Å². The highest BCUT2D eigenvalue weighted by Crippen LogP contribution is 2.37. The second kappa shape index (κ2) is 4.53. The molecule has 20 heavy (non-hydrogen) atoms. The molecule has 0 fully saturated rings. The minimum Gasteiger partial charge on any atom is -0.398 e. The highest BCUT2D eigenvalue weighted by molar-refractivity contribution is 6.36. The Morgan fingerprint density at radius 1 is 1.05 bits per heavy atom. The van der Waals surface area contributed by atoms with Gasteiger partial charge in [0.2, 0.25) is 0 Å². The summed E-state index contributed by atoms with van der Waals surface area (Å²) >= 11 is 0. The maximum absolute atomic E-state index is 12.2. The number of aryl methyl sites for hydroxylation is 2. The van der Waals surface area contributed by atoms with Gasteiger partial charge < -0.3 is 11.1 Å². The number of rotatable bonds is 1. The van der Waals surface area contributed by atoms with Crippen LogP contribution >= 0.6 is 0 Å². The molecule has 1 aliphatic heterocycles. The first-order chi connectivity index (χ1) is 9.58. The third kappa shape index (κ3) is 1.88. The molecule has 3 heteroatoms. The van der Waals surface area contributed by atoms with Gasteiger partial charge in [-0.15, -0.1) is 0 Å². The minimum atomic E-state index is -0.132. The molecule has 0 radical (unpaired) electrons. The molecule has 1 heterocycles. The van der Waals surface area contributed by atoms with E-state index in [2.05, 4.69) is 5.32 Å². The second-order valence-corrected chi connectivity index (χ2v) is 5.11. The van der Waals surface area contributed by atoms with Crippen LogP contribution in [0.2, 0.25) is 0 Å². The summed E-state index contributed by atoms with van der Waals surface area (Å²) < 4.78 is 0. The number of carbonyl (C=O) groups is 1. The topological polar surface area (TPSA) is 55.1 Å². The highest BCUT2D eigenvalue weighted by Gasteiger charge is 2.28. The van der Waals surface area contributed by atoms with E-state index in [1.165, 1.54) is 5.56 Å². The van der Waals surface area contributed by atoms with Crippen LogP contribution in [-0.4, -0.2) is 5.91 Å². The van der Waals surface area contributed by atoms with Crippen LogP contribution in [0.25, 0.3) is 11.3 Å². The van der Waals surface area contributed by atoms with E-state index in [-0.39, 0.29) is 5.91 Å². The molecule has 0 atom stereocenters. The lowest BCUT2D eigenvalue weighted by Crippen LogP contribution is -2.09. The summed E-state index contributed by atoms with van der Waals surface area (Å²) in [6, 6.07) is 13.7.